The van der Waals surface area contributed by atoms with E-state index in [1.165, 1.54) is 0 Å². The lowest BCUT2D eigenvalue weighted by atomic mass is 9.93. The summed E-state index contributed by atoms with van der Waals surface area (Å²) in [6.45, 7) is 4.14. The minimum atomic E-state index is -0.415. The topological polar surface area (TPSA) is 68.3 Å². The third kappa shape index (κ3) is 2.93. The predicted molar refractivity (Wildman–Crippen MR) is 70.0 cm³/mol. The molecule has 0 saturated carbocycles. The van der Waals surface area contributed by atoms with Crippen LogP contribution in [0.15, 0.2) is 16.7 Å². The molecule has 0 saturated heterocycles. The van der Waals surface area contributed by atoms with Gasteiger partial charge in [-0.2, -0.15) is 0 Å². The molecular weight excluding hydrogens is 228 g/mol. The van der Waals surface area contributed by atoms with Crippen molar-refractivity contribution in [3.05, 3.63) is 23.7 Å². The largest absolute Gasteiger partial charge is 0.469 e. The monoisotopic (exact) mass is 250 g/mol. The van der Waals surface area contributed by atoms with Crippen molar-refractivity contribution < 1.29 is 9.21 Å². The smallest absolute Gasteiger partial charge is 0.237 e. The zero-order valence-electron chi connectivity index (χ0n) is 11.1. The second-order valence-corrected chi connectivity index (χ2v) is 5.49. The first-order chi connectivity index (χ1) is 8.58. The van der Waals surface area contributed by atoms with Gasteiger partial charge >= 0.3 is 0 Å². The first-order valence-corrected chi connectivity index (χ1v) is 6.70. The molecule has 18 heavy (non-hydrogen) atoms. The second kappa shape index (κ2) is 5.57. The number of hydrogen-bond donors (Lipinski definition) is 2. The van der Waals surface area contributed by atoms with Gasteiger partial charge in [0.2, 0.25) is 5.91 Å². The highest BCUT2D eigenvalue weighted by molar-refractivity contribution is 5.81. The zero-order chi connectivity index (χ0) is 13.1. The lowest BCUT2D eigenvalue weighted by Gasteiger charge is -2.24. The van der Waals surface area contributed by atoms with Crippen molar-refractivity contribution in [3.8, 4) is 0 Å². The maximum Gasteiger partial charge on any atom is 0.237 e. The Labute approximate surface area is 108 Å². The van der Waals surface area contributed by atoms with Crippen LogP contribution in [0.25, 0.3) is 0 Å². The Morgan fingerprint density at radius 1 is 1.61 bits per heavy atom. The Morgan fingerprint density at radius 3 is 3.11 bits per heavy atom. The maximum absolute atomic E-state index is 12.0. The van der Waals surface area contributed by atoms with Gasteiger partial charge in [0.25, 0.3) is 0 Å². The van der Waals surface area contributed by atoms with Crippen molar-refractivity contribution in [1.82, 2.24) is 5.32 Å². The molecule has 1 aliphatic rings. The fraction of sp³-hybridized carbons (Fsp3) is 0.643. The van der Waals surface area contributed by atoms with Gasteiger partial charge in [-0.25, -0.2) is 0 Å². The first-order valence-electron chi connectivity index (χ1n) is 6.70. The van der Waals surface area contributed by atoms with Crippen LogP contribution in [-0.4, -0.2) is 11.9 Å². The van der Waals surface area contributed by atoms with E-state index < -0.39 is 6.04 Å². The number of nitrogens with one attached hydrogen (secondary N) is 1. The Morgan fingerprint density at radius 2 is 2.39 bits per heavy atom. The summed E-state index contributed by atoms with van der Waals surface area (Å²) in [6, 6.07) is 1.61. The van der Waals surface area contributed by atoms with E-state index in [9.17, 15) is 4.79 Å². The molecule has 4 heteroatoms. The van der Waals surface area contributed by atoms with Crippen molar-refractivity contribution in [2.75, 3.05) is 0 Å². The van der Waals surface area contributed by atoms with Gasteiger partial charge in [0.05, 0.1) is 18.3 Å². The van der Waals surface area contributed by atoms with Crippen LogP contribution in [0.3, 0.4) is 0 Å². The van der Waals surface area contributed by atoms with Crippen LogP contribution in [0.1, 0.15) is 50.5 Å². The van der Waals surface area contributed by atoms with Gasteiger partial charge in [0, 0.05) is 12.0 Å². The van der Waals surface area contributed by atoms with Gasteiger partial charge in [-0.15, -0.1) is 0 Å². The third-order valence-corrected chi connectivity index (χ3v) is 3.43. The Kier molecular flexibility index (Phi) is 4.07. The molecule has 3 N–H and O–H groups in total. The minimum Gasteiger partial charge on any atom is -0.469 e. The number of rotatable bonds is 4. The maximum atomic E-state index is 12.0. The quantitative estimate of drug-likeness (QED) is 0.860. The van der Waals surface area contributed by atoms with E-state index in [2.05, 4.69) is 19.2 Å². The Bertz CT molecular complexity index is 412. The molecule has 2 rings (SSSR count). The minimum absolute atomic E-state index is 0.0530. The normalized spacial score (nSPS) is 20.6. The first kappa shape index (κ1) is 13.1. The molecule has 1 amide bonds. The molecule has 0 aromatic carbocycles. The van der Waals surface area contributed by atoms with Crippen molar-refractivity contribution in [2.45, 2.75) is 51.6 Å². The summed E-state index contributed by atoms with van der Waals surface area (Å²) in [5.41, 5.74) is 7.01. The number of furan rings is 1. The standard InChI is InChI=1S/C14H22N2O2/c1-9(2)8-11(15)14(17)16-12-4-3-5-13-10(12)6-7-18-13/h6-7,9,11-12H,3-5,8,15H2,1-2H3,(H,16,17)/t11-,12?/m0/s1. The van der Waals surface area contributed by atoms with Crippen molar-refractivity contribution in [3.63, 3.8) is 0 Å². The molecular formula is C14H22N2O2. The zero-order valence-corrected chi connectivity index (χ0v) is 11.1. The van der Waals surface area contributed by atoms with E-state index >= 15 is 0 Å². The number of hydrogen-bond acceptors (Lipinski definition) is 3. The van der Waals surface area contributed by atoms with Gasteiger partial charge in [0.1, 0.15) is 5.76 Å². The van der Waals surface area contributed by atoms with Crippen molar-refractivity contribution in [2.24, 2.45) is 11.7 Å². The van der Waals surface area contributed by atoms with Crippen LogP contribution >= 0.6 is 0 Å². The summed E-state index contributed by atoms with van der Waals surface area (Å²) in [5, 5.41) is 3.04. The van der Waals surface area contributed by atoms with Gasteiger partial charge in [-0.3, -0.25) is 4.79 Å². The predicted octanol–water partition coefficient (Wildman–Crippen LogP) is 2.15. The highest BCUT2D eigenvalue weighted by Gasteiger charge is 2.25. The molecule has 1 aromatic heterocycles. The van der Waals surface area contributed by atoms with Crippen molar-refractivity contribution >= 4 is 5.91 Å². The second-order valence-electron chi connectivity index (χ2n) is 5.49. The van der Waals surface area contributed by atoms with Gasteiger partial charge < -0.3 is 15.5 Å². The number of nitrogens with two attached hydrogens (primary N) is 1. The SMILES string of the molecule is CC(C)C[C@H](N)C(=O)NC1CCCc2occc21. The summed E-state index contributed by atoms with van der Waals surface area (Å²) >= 11 is 0. The number of fused-ring (bicyclic) bond motifs is 1. The van der Waals surface area contributed by atoms with E-state index in [0.29, 0.717) is 5.92 Å². The molecule has 1 aromatic rings. The molecule has 0 spiro atoms. The molecule has 4 nitrogen and oxygen atoms in total. The van der Waals surface area contributed by atoms with Crippen LogP contribution in [-0.2, 0) is 11.2 Å². The summed E-state index contributed by atoms with van der Waals surface area (Å²) in [4.78, 5) is 12.0. The lowest BCUT2D eigenvalue weighted by molar-refractivity contribution is -0.123. The molecule has 0 radical (unpaired) electrons. The molecule has 1 heterocycles. The van der Waals surface area contributed by atoms with E-state index in [-0.39, 0.29) is 11.9 Å². The fourth-order valence-electron chi connectivity index (χ4n) is 2.53. The number of carbonyl (C=O) groups excluding carboxylic acids is 1. The third-order valence-electron chi connectivity index (χ3n) is 3.43. The summed E-state index contributed by atoms with van der Waals surface area (Å²) < 4.78 is 5.41. The number of carbonyl (C=O) groups is 1. The van der Waals surface area contributed by atoms with E-state index in [1.54, 1.807) is 6.26 Å². The van der Waals surface area contributed by atoms with E-state index in [4.69, 9.17) is 10.2 Å². The molecule has 1 unspecified atom stereocenters. The highest BCUT2D eigenvalue weighted by Crippen LogP contribution is 2.30. The Hall–Kier alpha value is -1.29. The average molecular weight is 250 g/mol. The number of aryl methyl sites for hydroxylation is 1. The van der Waals surface area contributed by atoms with Gasteiger partial charge in [-0.05, 0) is 31.2 Å². The summed E-state index contributed by atoms with van der Waals surface area (Å²) in [7, 11) is 0. The van der Waals surface area contributed by atoms with Crippen LogP contribution in [0.4, 0.5) is 0 Å². The average Bonchev–Trinajstić information content (AvgIpc) is 2.77. The summed E-state index contributed by atoms with van der Waals surface area (Å²) in [5.74, 6) is 1.38. The molecule has 2 atom stereocenters. The van der Waals surface area contributed by atoms with Crippen LogP contribution in [0.2, 0.25) is 0 Å². The molecule has 100 valence electrons. The fourth-order valence-corrected chi connectivity index (χ4v) is 2.53. The van der Waals surface area contributed by atoms with Crippen LogP contribution < -0.4 is 11.1 Å². The van der Waals surface area contributed by atoms with Crippen LogP contribution in [0.5, 0.6) is 0 Å². The molecule has 0 fully saturated rings. The highest BCUT2D eigenvalue weighted by atomic mass is 16.3. The molecule has 0 bridgehead atoms. The summed E-state index contributed by atoms with van der Waals surface area (Å²) in [6.07, 6.45) is 5.39. The van der Waals surface area contributed by atoms with Crippen LogP contribution in [0, 0.1) is 5.92 Å². The Balaban J connectivity index is 1.97. The number of amides is 1. The van der Waals surface area contributed by atoms with Crippen molar-refractivity contribution in [1.29, 1.82) is 0 Å². The van der Waals surface area contributed by atoms with E-state index in [0.717, 1.165) is 37.0 Å². The van der Waals surface area contributed by atoms with Gasteiger partial charge in [-0.1, -0.05) is 13.8 Å². The molecule has 1 aliphatic carbocycles. The van der Waals surface area contributed by atoms with Gasteiger partial charge in [0.15, 0.2) is 0 Å². The van der Waals surface area contributed by atoms with E-state index in [1.807, 2.05) is 6.07 Å². The lowest BCUT2D eigenvalue weighted by Crippen LogP contribution is -2.43. The molecule has 0 aliphatic heterocycles.